The van der Waals surface area contributed by atoms with Crippen molar-refractivity contribution < 1.29 is 4.74 Å². The molecule has 0 amide bonds. The summed E-state index contributed by atoms with van der Waals surface area (Å²) in [6, 6.07) is 8.14. The molecule has 2 saturated heterocycles. The number of benzene rings is 1. The summed E-state index contributed by atoms with van der Waals surface area (Å²) in [6.07, 6.45) is 5.22. The normalized spacial score (nSPS) is 36.0. The maximum atomic E-state index is 5.61. The molecule has 1 saturated carbocycles. The van der Waals surface area contributed by atoms with E-state index in [-0.39, 0.29) is 5.41 Å². The van der Waals surface area contributed by atoms with Gasteiger partial charge in [0.1, 0.15) is 5.75 Å². The zero-order chi connectivity index (χ0) is 20.8. The van der Waals surface area contributed by atoms with Crippen molar-refractivity contribution in [2.45, 2.75) is 64.0 Å². The molecule has 4 atom stereocenters. The van der Waals surface area contributed by atoms with Crippen LogP contribution in [-0.2, 0) is 11.8 Å². The van der Waals surface area contributed by atoms with E-state index in [0.717, 1.165) is 11.7 Å². The highest BCUT2D eigenvalue weighted by molar-refractivity contribution is 5.49. The van der Waals surface area contributed by atoms with E-state index in [1.165, 1.54) is 51.9 Å². The Labute approximate surface area is 178 Å². The van der Waals surface area contributed by atoms with Crippen LogP contribution in [0.15, 0.2) is 18.2 Å². The minimum atomic E-state index is 0.221. The summed E-state index contributed by atoms with van der Waals surface area (Å²) < 4.78 is 5.61. The highest BCUT2D eigenvalue weighted by Crippen LogP contribution is 2.64. The lowest BCUT2D eigenvalue weighted by molar-refractivity contribution is -0.0601. The molecule has 29 heavy (non-hydrogen) atoms. The van der Waals surface area contributed by atoms with Crippen LogP contribution in [0.4, 0.5) is 0 Å². The minimum absolute atomic E-state index is 0.221. The molecule has 1 aromatic carbocycles. The Kier molecular flexibility index (Phi) is 5.73. The van der Waals surface area contributed by atoms with Crippen LogP contribution in [0.2, 0.25) is 0 Å². The monoisotopic (exact) mass is 399 g/mol. The Balaban J connectivity index is 0.000000994. The molecule has 2 bridgehead atoms. The van der Waals surface area contributed by atoms with Gasteiger partial charge in [0.15, 0.2) is 0 Å². The van der Waals surface area contributed by atoms with Crippen molar-refractivity contribution in [1.29, 1.82) is 0 Å². The number of nitrogens with zero attached hydrogens (tertiary/aromatic N) is 2. The maximum absolute atomic E-state index is 5.61. The summed E-state index contributed by atoms with van der Waals surface area (Å²) in [5.41, 5.74) is 3.83. The van der Waals surface area contributed by atoms with Gasteiger partial charge in [-0.25, -0.2) is 0 Å². The lowest BCUT2D eigenvalue weighted by atomic mass is 9.63. The Morgan fingerprint density at radius 3 is 2.62 bits per heavy atom. The molecule has 1 spiro atoms. The summed E-state index contributed by atoms with van der Waals surface area (Å²) in [6.45, 7) is 11.4. The molecule has 5 rings (SSSR count). The van der Waals surface area contributed by atoms with Gasteiger partial charge in [0.05, 0.1) is 7.11 Å². The second-order valence-electron chi connectivity index (χ2n) is 10.1. The number of hydrogen-bond acceptors (Lipinski definition) is 4. The number of likely N-dealkylation sites (N-methyl/N-ethyl adjacent to an activating group) is 2. The number of nitrogens with one attached hydrogen (secondary N) is 1. The first-order valence-electron chi connectivity index (χ1n) is 11.8. The fourth-order valence-electron chi connectivity index (χ4n) is 7.50. The van der Waals surface area contributed by atoms with Crippen LogP contribution in [0.1, 0.15) is 51.2 Å². The molecule has 4 aliphatic rings. The van der Waals surface area contributed by atoms with Gasteiger partial charge in [0.25, 0.3) is 0 Å². The van der Waals surface area contributed by atoms with Crippen LogP contribution in [-0.4, -0.2) is 69.3 Å². The van der Waals surface area contributed by atoms with E-state index in [0.29, 0.717) is 17.5 Å². The third-order valence-electron chi connectivity index (χ3n) is 8.29. The molecule has 1 N–H and O–H groups in total. The van der Waals surface area contributed by atoms with Crippen molar-refractivity contribution in [3.8, 4) is 5.75 Å². The number of ether oxygens (including phenoxy) is 1. The number of likely N-dealkylation sites (tertiary alicyclic amines) is 1. The second kappa shape index (κ2) is 7.86. The zero-order valence-corrected chi connectivity index (χ0v) is 19.4. The zero-order valence-electron chi connectivity index (χ0n) is 19.4. The topological polar surface area (TPSA) is 27.7 Å². The largest absolute Gasteiger partial charge is 0.497 e. The summed E-state index contributed by atoms with van der Waals surface area (Å²) in [5, 5.41) is 3.52. The molecule has 2 unspecified atom stereocenters. The highest BCUT2D eigenvalue weighted by atomic mass is 16.5. The van der Waals surface area contributed by atoms with Crippen molar-refractivity contribution in [2.24, 2.45) is 11.3 Å². The SMILES string of the molecule is CC.COc1ccc2c(c1)[C@@]1(C)CC3(C2)CN(C)C3[C@@H]1N(C)CC1CCNCC1. The number of rotatable bonds is 4. The van der Waals surface area contributed by atoms with Crippen molar-refractivity contribution in [3.63, 3.8) is 0 Å². The average Bonchev–Trinajstić information content (AvgIpc) is 2.90. The van der Waals surface area contributed by atoms with E-state index in [2.05, 4.69) is 54.3 Å². The van der Waals surface area contributed by atoms with Crippen LogP contribution in [0, 0.1) is 11.3 Å². The van der Waals surface area contributed by atoms with Crippen LogP contribution < -0.4 is 10.1 Å². The Bertz CT molecular complexity index is 731. The molecule has 2 heterocycles. The van der Waals surface area contributed by atoms with Gasteiger partial charge in [-0.1, -0.05) is 26.8 Å². The molecule has 2 aliphatic heterocycles. The van der Waals surface area contributed by atoms with Gasteiger partial charge < -0.3 is 19.9 Å². The van der Waals surface area contributed by atoms with Crippen molar-refractivity contribution in [2.75, 3.05) is 47.4 Å². The van der Waals surface area contributed by atoms with E-state index in [1.807, 2.05) is 13.8 Å². The van der Waals surface area contributed by atoms with Crippen molar-refractivity contribution in [3.05, 3.63) is 29.3 Å². The van der Waals surface area contributed by atoms with E-state index < -0.39 is 0 Å². The van der Waals surface area contributed by atoms with Crippen LogP contribution in [0.3, 0.4) is 0 Å². The second-order valence-corrected chi connectivity index (χ2v) is 10.1. The van der Waals surface area contributed by atoms with Gasteiger partial charge >= 0.3 is 0 Å². The molecule has 162 valence electrons. The van der Waals surface area contributed by atoms with E-state index in [1.54, 1.807) is 18.2 Å². The third kappa shape index (κ3) is 3.23. The Morgan fingerprint density at radius 1 is 1.24 bits per heavy atom. The molecule has 4 nitrogen and oxygen atoms in total. The quantitative estimate of drug-likeness (QED) is 0.838. The minimum Gasteiger partial charge on any atom is -0.497 e. The summed E-state index contributed by atoms with van der Waals surface area (Å²) in [4.78, 5) is 5.38. The molecule has 1 aromatic rings. The van der Waals surface area contributed by atoms with Crippen LogP contribution in [0.25, 0.3) is 0 Å². The first-order valence-corrected chi connectivity index (χ1v) is 11.8. The first kappa shape index (κ1) is 21.1. The number of hydrogen-bond donors (Lipinski definition) is 1. The van der Waals surface area contributed by atoms with Gasteiger partial charge in [0, 0.05) is 36.0 Å². The van der Waals surface area contributed by atoms with E-state index in [4.69, 9.17) is 4.74 Å². The molecule has 0 aromatic heterocycles. The number of methoxy groups -OCH3 is 1. The molecular weight excluding hydrogens is 358 g/mol. The molecule has 3 fully saturated rings. The highest BCUT2D eigenvalue weighted by Gasteiger charge is 2.69. The van der Waals surface area contributed by atoms with Gasteiger partial charge in [-0.2, -0.15) is 0 Å². The van der Waals surface area contributed by atoms with E-state index >= 15 is 0 Å². The summed E-state index contributed by atoms with van der Waals surface area (Å²) in [7, 11) is 6.54. The van der Waals surface area contributed by atoms with Crippen molar-refractivity contribution in [1.82, 2.24) is 15.1 Å². The Morgan fingerprint density at radius 2 is 1.97 bits per heavy atom. The lowest BCUT2D eigenvalue weighted by Gasteiger charge is -2.55. The maximum Gasteiger partial charge on any atom is 0.119 e. The predicted molar refractivity (Wildman–Crippen MR) is 121 cm³/mol. The fourth-order valence-corrected chi connectivity index (χ4v) is 7.50. The summed E-state index contributed by atoms with van der Waals surface area (Å²) >= 11 is 0. The van der Waals surface area contributed by atoms with E-state index in [9.17, 15) is 0 Å². The fraction of sp³-hybridized carbons (Fsp3) is 0.760. The first-order chi connectivity index (χ1) is 14.0. The van der Waals surface area contributed by atoms with Gasteiger partial charge in [-0.15, -0.1) is 0 Å². The lowest BCUT2D eigenvalue weighted by Crippen LogP contribution is -2.66. The molecule has 0 radical (unpaired) electrons. The summed E-state index contributed by atoms with van der Waals surface area (Å²) in [5.74, 6) is 1.85. The average molecular weight is 400 g/mol. The third-order valence-corrected chi connectivity index (χ3v) is 8.29. The van der Waals surface area contributed by atoms with Crippen LogP contribution >= 0.6 is 0 Å². The molecule has 2 aliphatic carbocycles. The smallest absolute Gasteiger partial charge is 0.119 e. The predicted octanol–water partition coefficient (Wildman–Crippen LogP) is 3.54. The molecular formula is C25H41N3O. The number of piperidine rings is 1. The van der Waals surface area contributed by atoms with Gasteiger partial charge in [-0.05, 0) is 82.0 Å². The number of fused-ring (bicyclic) bond motifs is 3. The van der Waals surface area contributed by atoms with Crippen molar-refractivity contribution >= 4 is 0 Å². The van der Waals surface area contributed by atoms with Crippen LogP contribution in [0.5, 0.6) is 5.75 Å². The van der Waals surface area contributed by atoms with Gasteiger partial charge in [0.2, 0.25) is 0 Å². The Hall–Kier alpha value is -1.10. The standard InChI is InChI=1S/C23H35N3O.C2H6/c1-22-14-23(12-17-5-6-18(27-4)11-19(17)22)15-26(3)21(23)20(22)25(2)13-16-7-9-24-10-8-16;1-2/h5-6,11,16,20-21,24H,7-10,12-15H2,1-4H3;1-2H3/t20-,21?,22+,23?;/m0./s1. The molecule has 4 heteroatoms. The van der Waals surface area contributed by atoms with Gasteiger partial charge in [-0.3, -0.25) is 0 Å².